The Labute approximate surface area is 194 Å². The highest BCUT2D eigenvalue weighted by Gasteiger charge is 2.21. The summed E-state index contributed by atoms with van der Waals surface area (Å²) in [4.78, 5) is 34.3. The minimum absolute atomic E-state index is 0.115. The molecule has 1 fully saturated rings. The van der Waals surface area contributed by atoms with E-state index in [2.05, 4.69) is 25.4 Å². The van der Waals surface area contributed by atoms with E-state index in [0.29, 0.717) is 24.3 Å². The number of aromatic nitrogens is 2. The van der Waals surface area contributed by atoms with E-state index in [1.165, 1.54) is 0 Å². The summed E-state index contributed by atoms with van der Waals surface area (Å²) in [5.74, 6) is 0.719. The molecule has 2 N–H and O–H groups in total. The standard InChI is InChI=1S/C25H30N6O2/c1-29-12-11-26-23(29)18-30-13-15-31(16-14-30)19-24(32)28-22-10-6-5-9-21(22)25(33)27-17-20-7-3-2-4-8-20/h2-12H,13-19H2,1H3,(H,27,33)(H,28,32). The highest BCUT2D eigenvalue weighted by atomic mass is 16.2. The van der Waals surface area contributed by atoms with E-state index in [4.69, 9.17) is 0 Å². The van der Waals surface area contributed by atoms with Gasteiger partial charge in [0, 0.05) is 52.2 Å². The lowest BCUT2D eigenvalue weighted by Gasteiger charge is -2.34. The van der Waals surface area contributed by atoms with Crippen LogP contribution in [-0.4, -0.2) is 63.9 Å². The summed E-state index contributed by atoms with van der Waals surface area (Å²) >= 11 is 0. The van der Waals surface area contributed by atoms with Crippen molar-refractivity contribution < 1.29 is 9.59 Å². The van der Waals surface area contributed by atoms with Gasteiger partial charge in [0.1, 0.15) is 5.82 Å². The van der Waals surface area contributed by atoms with Crippen molar-refractivity contribution in [3.05, 3.63) is 83.9 Å². The zero-order valence-electron chi connectivity index (χ0n) is 18.9. The first-order valence-electron chi connectivity index (χ1n) is 11.2. The molecule has 172 valence electrons. The van der Waals surface area contributed by atoms with Gasteiger partial charge in [0.2, 0.25) is 5.91 Å². The van der Waals surface area contributed by atoms with Crippen LogP contribution in [-0.2, 0) is 24.9 Å². The van der Waals surface area contributed by atoms with Crippen LogP contribution in [0.2, 0.25) is 0 Å². The summed E-state index contributed by atoms with van der Waals surface area (Å²) in [6.45, 7) is 4.96. The monoisotopic (exact) mass is 446 g/mol. The first-order chi connectivity index (χ1) is 16.1. The summed E-state index contributed by atoms with van der Waals surface area (Å²) in [7, 11) is 2.00. The predicted molar refractivity (Wildman–Crippen MR) is 128 cm³/mol. The van der Waals surface area contributed by atoms with Gasteiger partial charge in [-0.1, -0.05) is 42.5 Å². The summed E-state index contributed by atoms with van der Waals surface area (Å²) in [6.07, 6.45) is 3.77. The summed E-state index contributed by atoms with van der Waals surface area (Å²) in [5.41, 5.74) is 2.01. The fraction of sp³-hybridized carbons (Fsp3) is 0.320. The Kier molecular flexibility index (Phi) is 7.49. The van der Waals surface area contributed by atoms with Gasteiger partial charge in [0.25, 0.3) is 5.91 Å². The number of para-hydroxylation sites is 1. The molecule has 3 aromatic rings. The maximum atomic E-state index is 12.7. The van der Waals surface area contributed by atoms with E-state index >= 15 is 0 Å². The molecule has 0 radical (unpaired) electrons. The van der Waals surface area contributed by atoms with Crippen molar-refractivity contribution in [2.45, 2.75) is 13.1 Å². The first kappa shape index (κ1) is 22.7. The van der Waals surface area contributed by atoms with E-state index in [0.717, 1.165) is 44.1 Å². The number of nitrogens with one attached hydrogen (secondary N) is 2. The second-order valence-corrected chi connectivity index (χ2v) is 8.27. The molecule has 8 nitrogen and oxygen atoms in total. The van der Waals surface area contributed by atoms with Crippen LogP contribution in [0.1, 0.15) is 21.7 Å². The van der Waals surface area contributed by atoms with Crippen molar-refractivity contribution >= 4 is 17.5 Å². The third kappa shape index (κ3) is 6.27. The lowest BCUT2D eigenvalue weighted by Crippen LogP contribution is -2.48. The molecule has 1 aromatic heterocycles. The minimum Gasteiger partial charge on any atom is -0.348 e. The van der Waals surface area contributed by atoms with E-state index in [9.17, 15) is 9.59 Å². The molecule has 0 unspecified atom stereocenters. The molecule has 2 aromatic carbocycles. The topological polar surface area (TPSA) is 82.5 Å². The van der Waals surface area contributed by atoms with Crippen LogP contribution >= 0.6 is 0 Å². The number of nitrogens with zero attached hydrogens (tertiary/aromatic N) is 4. The number of benzene rings is 2. The lowest BCUT2D eigenvalue weighted by molar-refractivity contribution is -0.117. The van der Waals surface area contributed by atoms with E-state index < -0.39 is 0 Å². The smallest absolute Gasteiger partial charge is 0.253 e. The van der Waals surface area contributed by atoms with Gasteiger partial charge >= 0.3 is 0 Å². The van der Waals surface area contributed by atoms with Crippen molar-refractivity contribution in [2.75, 3.05) is 38.0 Å². The van der Waals surface area contributed by atoms with Crippen LogP contribution in [0.15, 0.2) is 67.0 Å². The molecule has 2 heterocycles. The zero-order chi connectivity index (χ0) is 23.0. The number of anilines is 1. The largest absolute Gasteiger partial charge is 0.348 e. The number of carbonyl (C=O) groups is 2. The van der Waals surface area contributed by atoms with Gasteiger partial charge in [-0.15, -0.1) is 0 Å². The number of rotatable bonds is 8. The number of hydrogen-bond acceptors (Lipinski definition) is 5. The van der Waals surface area contributed by atoms with Gasteiger partial charge in [-0.2, -0.15) is 0 Å². The van der Waals surface area contributed by atoms with Crippen molar-refractivity contribution in [1.82, 2.24) is 24.7 Å². The molecule has 0 bridgehead atoms. The van der Waals surface area contributed by atoms with Crippen LogP contribution in [0.25, 0.3) is 0 Å². The normalized spacial score (nSPS) is 14.7. The van der Waals surface area contributed by atoms with Gasteiger partial charge in [-0.25, -0.2) is 4.98 Å². The Morgan fingerprint density at radius 1 is 0.939 bits per heavy atom. The number of piperazine rings is 1. The number of carbonyl (C=O) groups excluding carboxylic acids is 2. The molecular formula is C25H30N6O2. The van der Waals surface area contributed by atoms with E-state index in [1.54, 1.807) is 18.2 Å². The SMILES string of the molecule is Cn1ccnc1CN1CCN(CC(=O)Nc2ccccc2C(=O)NCc2ccccc2)CC1. The maximum absolute atomic E-state index is 12.7. The van der Waals surface area contributed by atoms with E-state index in [-0.39, 0.29) is 11.8 Å². The quantitative estimate of drug-likeness (QED) is 0.554. The minimum atomic E-state index is -0.211. The van der Waals surface area contributed by atoms with Gasteiger partial charge < -0.3 is 15.2 Å². The fourth-order valence-electron chi connectivity index (χ4n) is 3.91. The van der Waals surface area contributed by atoms with Crippen LogP contribution in [0.5, 0.6) is 0 Å². The maximum Gasteiger partial charge on any atom is 0.253 e. The number of amides is 2. The van der Waals surface area contributed by atoms with Crippen LogP contribution in [0.4, 0.5) is 5.69 Å². The van der Waals surface area contributed by atoms with Gasteiger partial charge in [-0.05, 0) is 17.7 Å². The molecule has 4 rings (SSSR count). The van der Waals surface area contributed by atoms with Gasteiger partial charge in [0.05, 0.1) is 24.3 Å². The average molecular weight is 447 g/mol. The van der Waals surface area contributed by atoms with Gasteiger partial charge in [-0.3, -0.25) is 19.4 Å². The molecular weight excluding hydrogens is 416 g/mol. The third-order valence-corrected chi connectivity index (χ3v) is 5.86. The third-order valence-electron chi connectivity index (χ3n) is 5.86. The van der Waals surface area contributed by atoms with Crippen LogP contribution in [0, 0.1) is 0 Å². The number of aryl methyl sites for hydroxylation is 1. The second kappa shape index (κ2) is 10.9. The van der Waals surface area contributed by atoms with Crippen molar-refractivity contribution in [3.8, 4) is 0 Å². The fourth-order valence-corrected chi connectivity index (χ4v) is 3.91. The Morgan fingerprint density at radius 2 is 1.64 bits per heavy atom. The molecule has 1 aliphatic rings. The first-order valence-corrected chi connectivity index (χ1v) is 11.2. The second-order valence-electron chi connectivity index (χ2n) is 8.27. The number of hydrogen-bond donors (Lipinski definition) is 2. The van der Waals surface area contributed by atoms with Crippen LogP contribution in [0.3, 0.4) is 0 Å². The molecule has 0 spiro atoms. The van der Waals surface area contributed by atoms with Crippen molar-refractivity contribution in [1.29, 1.82) is 0 Å². The molecule has 33 heavy (non-hydrogen) atoms. The summed E-state index contributed by atoms with van der Waals surface area (Å²) in [6, 6.07) is 16.9. The Balaban J connectivity index is 1.27. The van der Waals surface area contributed by atoms with Gasteiger partial charge in [0.15, 0.2) is 0 Å². The highest BCUT2D eigenvalue weighted by molar-refractivity contribution is 6.04. The molecule has 0 atom stereocenters. The molecule has 2 amide bonds. The molecule has 1 aliphatic heterocycles. The molecule has 0 aliphatic carbocycles. The summed E-state index contributed by atoms with van der Waals surface area (Å²) < 4.78 is 2.03. The molecule has 1 saturated heterocycles. The molecule has 8 heteroatoms. The molecule has 0 saturated carbocycles. The number of imidazole rings is 1. The van der Waals surface area contributed by atoms with Crippen molar-refractivity contribution in [3.63, 3.8) is 0 Å². The Hall–Kier alpha value is -3.49. The van der Waals surface area contributed by atoms with E-state index in [1.807, 2.05) is 60.4 Å². The van der Waals surface area contributed by atoms with Crippen LogP contribution < -0.4 is 10.6 Å². The van der Waals surface area contributed by atoms with Crippen molar-refractivity contribution in [2.24, 2.45) is 7.05 Å². The zero-order valence-corrected chi connectivity index (χ0v) is 18.9. The average Bonchev–Trinajstić information content (AvgIpc) is 3.24. The Bertz CT molecular complexity index is 1070. The predicted octanol–water partition coefficient (Wildman–Crippen LogP) is 2.11. The lowest BCUT2D eigenvalue weighted by atomic mass is 10.1. The highest BCUT2D eigenvalue weighted by Crippen LogP contribution is 2.16. The summed E-state index contributed by atoms with van der Waals surface area (Å²) in [5, 5.41) is 5.85. The Morgan fingerprint density at radius 3 is 2.36 bits per heavy atom.